The van der Waals surface area contributed by atoms with E-state index in [4.69, 9.17) is 5.11 Å². The van der Waals surface area contributed by atoms with Gasteiger partial charge in [0.2, 0.25) is 5.76 Å². The summed E-state index contributed by atoms with van der Waals surface area (Å²) in [4.78, 5) is 24.5. The SMILES string of the molecule is O=C(NCCN1CCNCC1)c1cc(C(=O)O)on1. The van der Waals surface area contributed by atoms with Crippen molar-refractivity contribution in [3.05, 3.63) is 17.5 Å². The van der Waals surface area contributed by atoms with Gasteiger partial charge in [0.25, 0.3) is 5.91 Å². The van der Waals surface area contributed by atoms with Crippen molar-refractivity contribution >= 4 is 11.9 Å². The highest BCUT2D eigenvalue weighted by Crippen LogP contribution is 2.03. The monoisotopic (exact) mass is 268 g/mol. The number of carboxylic acid groups (broad SMARTS) is 1. The first-order valence-corrected chi connectivity index (χ1v) is 6.08. The van der Waals surface area contributed by atoms with Crippen molar-refractivity contribution in [2.24, 2.45) is 0 Å². The average Bonchev–Trinajstić information content (AvgIpc) is 2.89. The molecule has 0 spiro atoms. The molecule has 0 radical (unpaired) electrons. The van der Waals surface area contributed by atoms with Crippen LogP contribution in [0.25, 0.3) is 0 Å². The van der Waals surface area contributed by atoms with E-state index >= 15 is 0 Å². The van der Waals surface area contributed by atoms with Gasteiger partial charge in [0.1, 0.15) is 0 Å². The van der Waals surface area contributed by atoms with Crippen molar-refractivity contribution in [1.82, 2.24) is 20.7 Å². The van der Waals surface area contributed by atoms with Crippen LogP contribution in [0.4, 0.5) is 0 Å². The summed E-state index contributed by atoms with van der Waals surface area (Å²) in [5, 5.41) is 18.0. The number of nitrogens with one attached hydrogen (secondary N) is 2. The minimum atomic E-state index is -1.24. The van der Waals surface area contributed by atoms with Crippen LogP contribution in [0.3, 0.4) is 0 Å². The predicted molar refractivity (Wildman–Crippen MR) is 65.1 cm³/mol. The van der Waals surface area contributed by atoms with E-state index < -0.39 is 11.9 Å². The first-order chi connectivity index (χ1) is 9.16. The van der Waals surface area contributed by atoms with Gasteiger partial charge in [-0.3, -0.25) is 9.69 Å². The van der Waals surface area contributed by atoms with Crippen molar-refractivity contribution in [1.29, 1.82) is 0 Å². The molecule has 0 aromatic carbocycles. The van der Waals surface area contributed by atoms with Crippen molar-refractivity contribution in [2.75, 3.05) is 39.3 Å². The van der Waals surface area contributed by atoms with Crippen LogP contribution in [0, 0.1) is 0 Å². The Hall–Kier alpha value is -1.93. The van der Waals surface area contributed by atoms with Gasteiger partial charge < -0.3 is 20.3 Å². The van der Waals surface area contributed by atoms with E-state index in [2.05, 4.69) is 25.2 Å². The van der Waals surface area contributed by atoms with E-state index in [1.54, 1.807) is 0 Å². The number of aromatic carboxylic acids is 1. The minimum absolute atomic E-state index is 0.0160. The molecule has 1 aromatic heterocycles. The lowest BCUT2D eigenvalue weighted by Crippen LogP contribution is -2.46. The molecule has 0 atom stereocenters. The molecule has 1 fully saturated rings. The standard InChI is InChI=1S/C11H16N4O4/c16-10(8-7-9(11(17)18)19-14-8)13-3-6-15-4-1-12-2-5-15/h7,12H,1-6H2,(H,13,16)(H,17,18). The van der Waals surface area contributed by atoms with E-state index in [9.17, 15) is 9.59 Å². The topological polar surface area (TPSA) is 108 Å². The Morgan fingerprint density at radius 3 is 2.84 bits per heavy atom. The molecule has 8 nitrogen and oxygen atoms in total. The Bertz CT molecular complexity index is 453. The zero-order valence-electron chi connectivity index (χ0n) is 10.4. The lowest BCUT2D eigenvalue weighted by Gasteiger charge is -2.26. The van der Waals surface area contributed by atoms with E-state index in [0.717, 1.165) is 38.8 Å². The number of aromatic nitrogens is 1. The highest BCUT2D eigenvalue weighted by Gasteiger charge is 2.16. The second-order valence-corrected chi connectivity index (χ2v) is 4.23. The molecule has 1 amide bonds. The summed E-state index contributed by atoms with van der Waals surface area (Å²) in [7, 11) is 0. The van der Waals surface area contributed by atoms with Crippen LogP contribution in [0.2, 0.25) is 0 Å². The van der Waals surface area contributed by atoms with E-state index in [0.29, 0.717) is 6.54 Å². The molecule has 3 N–H and O–H groups in total. The molecule has 1 saturated heterocycles. The van der Waals surface area contributed by atoms with Gasteiger partial charge in [0.05, 0.1) is 0 Å². The Balaban J connectivity index is 1.75. The highest BCUT2D eigenvalue weighted by molar-refractivity contribution is 5.94. The number of hydrogen-bond donors (Lipinski definition) is 3. The van der Waals surface area contributed by atoms with Crippen molar-refractivity contribution in [3.8, 4) is 0 Å². The molecule has 2 rings (SSSR count). The van der Waals surface area contributed by atoms with E-state index in [1.807, 2.05) is 0 Å². The summed E-state index contributed by atoms with van der Waals surface area (Å²) in [6.45, 7) is 5.09. The number of amides is 1. The van der Waals surface area contributed by atoms with Crippen molar-refractivity contribution in [3.63, 3.8) is 0 Å². The quantitative estimate of drug-likeness (QED) is 0.629. The second-order valence-electron chi connectivity index (χ2n) is 4.23. The van der Waals surface area contributed by atoms with Gasteiger partial charge in [-0.25, -0.2) is 4.79 Å². The Labute approximate surface area is 109 Å². The Morgan fingerprint density at radius 1 is 1.47 bits per heavy atom. The third kappa shape index (κ3) is 3.76. The van der Waals surface area contributed by atoms with Crippen LogP contribution in [0.5, 0.6) is 0 Å². The zero-order chi connectivity index (χ0) is 13.7. The molecule has 0 saturated carbocycles. The van der Waals surface area contributed by atoms with Gasteiger partial charge in [-0.1, -0.05) is 5.16 Å². The Kier molecular flexibility index (Phi) is 4.48. The molecule has 1 aliphatic rings. The molecular formula is C11H16N4O4. The fourth-order valence-corrected chi connectivity index (χ4v) is 1.84. The lowest BCUT2D eigenvalue weighted by atomic mass is 10.3. The van der Waals surface area contributed by atoms with Crippen LogP contribution in [0.1, 0.15) is 21.0 Å². The lowest BCUT2D eigenvalue weighted by molar-refractivity contribution is 0.0651. The van der Waals surface area contributed by atoms with Crippen LogP contribution < -0.4 is 10.6 Å². The first-order valence-electron chi connectivity index (χ1n) is 6.08. The molecule has 0 aliphatic carbocycles. The summed E-state index contributed by atoms with van der Waals surface area (Å²) in [5.74, 6) is -2.01. The molecule has 1 aromatic rings. The van der Waals surface area contributed by atoms with Crippen LogP contribution >= 0.6 is 0 Å². The summed E-state index contributed by atoms with van der Waals surface area (Å²) < 4.78 is 4.51. The average molecular weight is 268 g/mol. The normalized spacial score (nSPS) is 16.2. The van der Waals surface area contributed by atoms with Crippen molar-refractivity contribution in [2.45, 2.75) is 0 Å². The maximum atomic E-state index is 11.7. The molecule has 8 heteroatoms. The van der Waals surface area contributed by atoms with E-state index in [-0.39, 0.29) is 11.5 Å². The maximum absolute atomic E-state index is 11.7. The number of carbonyl (C=O) groups excluding carboxylic acids is 1. The minimum Gasteiger partial charge on any atom is -0.475 e. The number of carbonyl (C=O) groups is 2. The van der Waals surface area contributed by atoms with Crippen LogP contribution in [-0.4, -0.2) is 66.3 Å². The second kappa shape index (κ2) is 6.30. The number of carboxylic acids is 1. The third-order valence-corrected chi connectivity index (χ3v) is 2.88. The summed E-state index contributed by atoms with van der Waals surface area (Å²) in [6, 6.07) is 1.11. The third-order valence-electron chi connectivity index (χ3n) is 2.88. The molecule has 19 heavy (non-hydrogen) atoms. The molecule has 0 unspecified atom stereocenters. The predicted octanol–water partition coefficient (Wildman–Crippen LogP) is -0.992. The highest BCUT2D eigenvalue weighted by atomic mass is 16.5. The maximum Gasteiger partial charge on any atom is 0.374 e. The number of hydrogen-bond acceptors (Lipinski definition) is 6. The summed E-state index contributed by atoms with van der Waals surface area (Å²) in [5.41, 5.74) is -0.0160. The number of piperazine rings is 1. The molecule has 0 bridgehead atoms. The number of nitrogens with zero attached hydrogens (tertiary/aromatic N) is 2. The summed E-state index contributed by atoms with van der Waals surface area (Å²) >= 11 is 0. The van der Waals surface area contributed by atoms with Gasteiger partial charge in [0, 0.05) is 45.3 Å². The fraction of sp³-hybridized carbons (Fsp3) is 0.545. The van der Waals surface area contributed by atoms with Gasteiger partial charge in [-0.05, 0) is 0 Å². The molecular weight excluding hydrogens is 252 g/mol. The van der Waals surface area contributed by atoms with Crippen LogP contribution in [0.15, 0.2) is 10.6 Å². The zero-order valence-corrected chi connectivity index (χ0v) is 10.4. The molecule has 1 aliphatic heterocycles. The summed E-state index contributed by atoms with van der Waals surface area (Å²) in [6.07, 6.45) is 0. The number of rotatable bonds is 5. The van der Waals surface area contributed by atoms with Gasteiger partial charge in [-0.2, -0.15) is 0 Å². The van der Waals surface area contributed by atoms with Crippen molar-refractivity contribution < 1.29 is 19.2 Å². The molecule has 104 valence electrons. The van der Waals surface area contributed by atoms with Crippen LogP contribution in [-0.2, 0) is 0 Å². The smallest absolute Gasteiger partial charge is 0.374 e. The van der Waals surface area contributed by atoms with Gasteiger partial charge in [0.15, 0.2) is 5.69 Å². The van der Waals surface area contributed by atoms with Gasteiger partial charge >= 0.3 is 5.97 Å². The Morgan fingerprint density at radius 2 is 2.21 bits per heavy atom. The first kappa shape index (κ1) is 13.5. The van der Waals surface area contributed by atoms with E-state index in [1.165, 1.54) is 0 Å². The van der Waals surface area contributed by atoms with Gasteiger partial charge in [-0.15, -0.1) is 0 Å². The largest absolute Gasteiger partial charge is 0.475 e. The fourth-order valence-electron chi connectivity index (χ4n) is 1.84. The molecule has 2 heterocycles.